The average molecular weight is 750 g/mol. The summed E-state index contributed by atoms with van der Waals surface area (Å²) in [6, 6.07) is 0. The number of hydrogen-bond donors (Lipinski definition) is 0. The molecule has 0 aromatic heterocycles. The summed E-state index contributed by atoms with van der Waals surface area (Å²) in [4.78, 5) is 0. The highest BCUT2D eigenvalue weighted by Gasteiger charge is 2.22. The second-order valence-electron chi connectivity index (χ2n) is 4.69. The molecule has 0 atom stereocenters. The molecule has 166 valence electrons. The standard InChI is InChI=1S/C10H22IO5P.C6H12I2O2/c1-3-15-17(12,16-4-2)10-9-14-8-7-13-6-5-11;7-1-3-9-5-6-10-4-2-8/h3-10H2,1-2H3;1-6H2. The van der Waals surface area contributed by atoms with Gasteiger partial charge in [0.2, 0.25) is 0 Å². The van der Waals surface area contributed by atoms with Gasteiger partial charge < -0.3 is 28.0 Å². The third kappa shape index (κ3) is 26.1. The predicted octanol–water partition coefficient (Wildman–Crippen LogP) is 4.61. The minimum atomic E-state index is -2.95. The zero-order valence-corrected chi connectivity index (χ0v) is 23.7. The van der Waals surface area contributed by atoms with Crippen LogP contribution in [0.1, 0.15) is 13.8 Å². The Balaban J connectivity index is 0. The average Bonchev–Trinajstić information content (AvgIpc) is 2.65. The summed E-state index contributed by atoms with van der Waals surface area (Å²) >= 11 is 6.83. The Hall–Kier alpha value is 2.18. The van der Waals surface area contributed by atoms with Crippen molar-refractivity contribution in [1.82, 2.24) is 0 Å². The van der Waals surface area contributed by atoms with Crippen molar-refractivity contribution in [3.63, 3.8) is 0 Å². The van der Waals surface area contributed by atoms with E-state index in [1.54, 1.807) is 13.8 Å². The van der Waals surface area contributed by atoms with E-state index in [1.807, 2.05) is 0 Å². The molecule has 27 heavy (non-hydrogen) atoms. The van der Waals surface area contributed by atoms with E-state index >= 15 is 0 Å². The highest BCUT2D eigenvalue weighted by molar-refractivity contribution is 14.1. The lowest BCUT2D eigenvalue weighted by Crippen LogP contribution is -2.10. The third-order valence-electron chi connectivity index (χ3n) is 2.57. The van der Waals surface area contributed by atoms with Crippen molar-refractivity contribution in [2.24, 2.45) is 0 Å². The summed E-state index contributed by atoms with van der Waals surface area (Å²) in [5, 5.41) is 0. The van der Waals surface area contributed by atoms with Gasteiger partial charge in [0.1, 0.15) is 0 Å². The van der Waals surface area contributed by atoms with Crippen LogP contribution in [0.3, 0.4) is 0 Å². The minimum absolute atomic E-state index is 0.293. The van der Waals surface area contributed by atoms with E-state index in [9.17, 15) is 4.57 Å². The summed E-state index contributed by atoms with van der Waals surface area (Å²) in [5.74, 6) is 0. The molecule has 0 saturated carbocycles. The smallest absolute Gasteiger partial charge is 0.332 e. The third-order valence-corrected chi connectivity index (χ3v) is 5.92. The van der Waals surface area contributed by atoms with Crippen LogP contribution in [0.15, 0.2) is 0 Å². The fourth-order valence-electron chi connectivity index (χ4n) is 1.54. The van der Waals surface area contributed by atoms with E-state index in [2.05, 4.69) is 67.8 Å². The van der Waals surface area contributed by atoms with E-state index < -0.39 is 7.60 Å². The van der Waals surface area contributed by atoms with Gasteiger partial charge in [-0.2, -0.15) is 0 Å². The van der Waals surface area contributed by atoms with Crippen LogP contribution in [0.25, 0.3) is 0 Å². The zero-order chi connectivity index (χ0) is 20.6. The summed E-state index contributed by atoms with van der Waals surface area (Å²) < 4.78 is 46.3. The lowest BCUT2D eigenvalue weighted by molar-refractivity contribution is 0.0587. The predicted molar refractivity (Wildman–Crippen MR) is 136 cm³/mol. The van der Waals surface area contributed by atoms with Gasteiger partial charge in [-0.15, -0.1) is 0 Å². The Morgan fingerprint density at radius 1 is 0.593 bits per heavy atom. The monoisotopic (exact) mass is 750 g/mol. The van der Waals surface area contributed by atoms with Crippen LogP contribution in [0, 0.1) is 0 Å². The number of hydrogen-bond acceptors (Lipinski definition) is 7. The molecular formula is C16H34I3O7P. The fourth-order valence-corrected chi connectivity index (χ4v) is 3.95. The molecule has 7 nitrogen and oxygen atoms in total. The number of ether oxygens (including phenoxy) is 4. The molecule has 0 unspecified atom stereocenters. The zero-order valence-electron chi connectivity index (χ0n) is 16.3. The number of halogens is 3. The van der Waals surface area contributed by atoms with Crippen LogP contribution >= 0.6 is 75.4 Å². The van der Waals surface area contributed by atoms with Gasteiger partial charge in [-0.05, 0) is 13.8 Å². The molecule has 0 radical (unpaired) electrons. The number of rotatable bonds is 19. The normalized spacial score (nSPS) is 11.3. The second kappa shape index (κ2) is 26.2. The van der Waals surface area contributed by atoms with Gasteiger partial charge in [0.15, 0.2) is 0 Å². The van der Waals surface area contributed by atoms with Gasteiger partial charge in [-0.3, -0.25) is 4.57 Å². The van der Waals surface area contributed by atoms with Crippen molar-refractivity contribution in [2.75, 3.05) is 85.5 Å². The minimum Gasteiger partial charge on any atom is -0.378 e. The van der Waals surface area contributed by atoms with Crippen LogP contribution < -0.4 is 0 Å². The maximum Gasteiger partial charge on any atom is 0.332 e. The SMILES string of the molecule is CCOP(=O)(CCOCCOCCI)OCC.ICCOCCOCCI. The summed E-state index contributed by atoms with van der Waals surface area (Å²) in [6.45, 7) is 9.69. The Morgan fingerprint density at radius 2 is 0.926 bits per heavy atom. The number of alkyl halides is 3. The van der Waals surface area contributed by atoms with Crippen LogP contribution in [0.4, 0.5) is 0 Å². The van der Waals surface area contributed by atoms with Gasteiger partial charge in [0.05, 0.1) is 72.2 Å². The molecule has 0 bridgehead atoms. The Kier molecular flexibility index (Phi) is 30.5. The van der Waals surface area contributed by atoms with E-state index in [0.717, 1.165) is 46.3 Å². The van der Waals surface area contributed by atoms with Crippen LogP contribution in [-0.4, -0.2) is 85.5 Å². The molecular weight excluding hydrogens is 716 g/mol. The lowest BCUT2D eigenvalue weighted by atomic mass is 10.7. The van der Waals surface area contributed by atoms with E-state index in [0.29, 0.717) is 39.2 Å². The molecule has 0 aliphatic carbocycles. The lowest BCUT2D eigenvalue weighted by Gasteiger charge is -2.16. The summed E-state index contributed by atoms with van der Waals surface area (Å²) in [7, 11) is -2.95. The molecule has 0 aliphatic heterocycles. The second-order valence-corrected chi connectivity index (χ2v) is 10.1. The molecule has 0 amide bonds. The van der Waals surface area contributed by atoms with E-state index in [1.165, 1.54) is 0 Å². The van der Waals surface area contributed by atoms with Crippen LogP contribution in [0.5, 0.6) is 0 Å². The molecule has 0 aromatic carbocycles. The van der Waals surface area contributed by atoms with Gasteiger partial charge in [-0.25, -0.2) is 0 Å². The molecule has 0 saturated heterocycles. The molecule has 0 rings (SSSR count). The first-order chi connectivity index (χ1) is 13.1. The van der Waals surface area contributed by atoms with Crippen LogP contribution in [0.2, 0.25) is 0 Å². The summed E-state index contributed by atoms with van der Waals surface area (Å²) in [5.41, 5.74) is 0. The topological polar surface area (TPSA) is 72.5 Å². The molecule has 0 aromatic rings. The Morgan fingerprint density at radius 3 is 1.22 bits per heavy atom. The summed E-state index contributed by atoms with van der Waals surface area (Å²) in [6.07, 6.45) is 0.293. The molecule has 11 heteroatoms. The first-order valence-electron chi connectivity index (χ1n) is 8.97. The highest BCUT2D eigenvalue weighted by Crippen LogP contribution is 2.47. The van der Waals surface area contributed by atoms with Crippen molar-refractivity contribution in [1.29, 1.82) is 0 Å². The first kappa shape index (κ1) is 31.4. The maximum atomic E-state index is 12.0. The molecule has 0 heterocycles. The maximum absolute atomic E-state index is 12.0. The van der Waals surface area contributed by atoms with E-state index in [4.69, 9.17) is 28.0 Å². The first-order valence-corrected chi connectivity index (χ1v) is 15.3. The van der Waals surface area contributed by atoms with Gasteiger partial charge in [-0.1, -0.05) is 67.8 Å². The molecule has 0 N–H and O–H groups in total. The highest BCUT2D eigenvalue weighted by atomic mass is 127. The van der Waals surface area contributed by atoms with Gasteiger partial charge in [0, 0.05) is 13.3 Å². The van der Waals surface area contributed by atoms with Gasteiger partial charge >= 0.3 is 7.60 Å². The molecule has 0 fully saturated rings. The molecule has 0 aliphatic rings. The van der Waals surface area contributed by atoms with Crippen molar-refractivity contribution >= 4 is 75.4 Å². The van der Waals surface area contributed by atoms with Crippen molar-refractivity contribution in [2.45, 2.75) is 13.8 Å². The van der Waals surface area contributed by atoms with Crippen molar-refractivity contribution < 1.29 is 32.6 Å². The fraction of sp³-hybridized carbons (Fsp3) is 1.00. The largest absolute Gasteiger partial charge is 0.378 e. The van der Waals surface area contributed by atoms with Crippen LogP contribution in [-0.2, 0) is 32.6 Å². The Bertz CT molecular complexity index is 310. The molecule has 0 spiro atoms. The quantitative estimate of drug-likeness (QED) is 0.0828. The Labute approximate surface area is 205 Å². The van der Waals surface area contributed by atoms with Gasteiger partial charge in [0.25, 0.3) is 0 Å². The van der Waals surface area contributed by atoms with E-state index in [-0.39, 0.29) is 0 Å². The van der Waals surface area contributed by atoms with Crippen molar-refractivity contribution in [3.05, 3.63) is 0 Å². The van der Waals surface area contributed by atoms with Crippen molar-refractivity contribution in [3.8, 4) is 0 Å².